The second-order valence-electron chi connectivity index (χ2n) is 7.24. The Morgan fingerprint density at radius 1 is 1.21 bits per heavy atom. The molecule has 1 atom stereocenters. The third-order valence-corrected chi connectivity index (χ3v) is 5.10. The molecule has 0 radical (unpaired) electrons. The lowest BCUT2D eigenvalue weighted by Gasteiger charge is -2.12. The fourth-order valence-electron chi connectivity index (χ4n) is 3.63. The number of amides is 1. The van der Waals surface area contributed by atoms with Crippen molar-refractivity contribution in [3.05, 3.63) is 60.3 Å². The van der Waals surface area contributed by atoms with Crippen molar-refractivity contribution in [1.29, 1.82) is 0 Å². The van der Waals surface area contributed by atoms with E-state index in [1.165, 1.54) is 10.9 Å². The zero-order valence-corrected chi connectivity index (χ0v) is 15.9. The first-order valence-electron chi connectivity index (χ1n) is 9.97. The Labute approximate surface area is 165 Å². The number of aromatic amines is 1. The van der Waals surface area contributed by atoms with Gasteiger partial charge in [-0.2, -0.15) is 0 Å². The molecule has 1 aliphatic heterocycles. The third kappa shape index (κ3) is 4.73. The summed E-state index contributed by atoms with van der Waals surface area (Å²) in [4.78, 5) is 15.6. The van der Waals surface area contributed by atoms with E-state index in [1.807, 2.05) is 42.6 Å². The van der Waals surface area contributed by atoms with Crippen LogP contribution in [0.5, 0.6) is 5.75 Å². The highest BCUT2D eigenvalue weighted by Crippen LogP contribution is 2.21. The number of nitrogens with one attached hydrogen (secondary N) is 2. The molecule has 1 unspecified atom stereocenters. The van der Waals surface area contributed by atoms with Crippen molar-refractivity contribution in [1.82, 2.24) is 4.98 Å². The first-order valence-corrected chi connectivity index (χ1v) is 9.97. The maximum atomic E-state index is 12.3. The smallest absolute Gasteiger partial charge is 0.224 e. The van der Waals surface area contributed by atoms with E-state index >= 15 is 0 Å². The molecule has 1 saturated heterocycles. The van der Waals surface area contributed by atoms with Crippen LogP contribution in [0.25, 0.3) is 10.9 Å². The molecule has 0 aliphatic carbocycles. The zero-order chi connectivity index (χ0) is 19.2. The van der Waals surface area contributed by atoms with Gasteiger partial charge in [-0.1, -0.05) is 24.3 Å². The Morgan fingerprint density at radius 3 is 3.04 bits per heavy atom. The Bertz CT molecular complexity index is 928. The molecule has 0 bridgehead atoms. The molecule has 28 heavy (non-hydrogen) atoms. The average Bonchev–Trinajstić information content (AvgIpc) is 3.37. The zero-order valence-electron chi connectivity index (χ0n) is 15.9. The topological polar surface area (TPSA) is 63.4 Å². The molecule has 1 aromatic heterocycles. The van der Waals surface area contributed by atoms with Crippen molar-refractivity contribution in [3.63, 3.8) is 0 Å². The van der Waals surface area contributed by atoms with Gasteiger partial charge in [-0.05, 0) is 49.4 Å². The van der Waals surface area contributed by atoms with Crippen LogP contribution < -0.4 is 10.1 Å². The molecular formula is C23H26N2O3. The molecule has 1 aliphatic rings. The minimum Gasteiger partial charge on any atom is -0.491 e. The van der Waals surface area contributed by atoms with Gasteiger partial charge in [0.05, 0.1) is 6.10 Å². The van der Waals surface area contributed by atoms with Crippen LogP contribution in [-0.2, 0) is 16.0 Å². The predicted molar refractivity (Wildman–Crippen MR) is 111 cm³/mol. The highest BCUT2D eigenvalue weighted by Gasteiger charge is 2.16. The van der Waals surface area contributed by atoms with Crippen molar-refractivity contribution < 1.29 is 14.3 Å². The number of ether oxygens (including phenoxy) is 2. The first kappa shape index (κ1) is 18.6. The van der Waals surface area contributed by atoms with Crippen molar-refractivity contribution in [2.75, 3.05) is 18.5 Å². The van der Waals surface area contributed by atoms with Crippen molar-refractivity contribution in [3.8, 4) is 5.75 Å². The first-order chi connectivity index (χ1) is 13.8. The van der Waals surface area contributed by atoms with Crippen LogP contribution in [0.3, 0.4) is 0 Å². The van der Waals surface area contributed by atoms with Gasteiger partial charge in [0, 0.05) is 41.9 Å². The lowest BCUT2D eigenvalue weighted by atomic mass is 10.1. The maximum Gasteiger partial charge on any atom is 0.224 e. The molecule has 1 fully saturated rings. The van der Waals surface area contributed by atoms with Crippen LogP contribution in [0.2, 0.25) is 0 Å². The molecule has 4 rings (SSSR count). The van der Waals surface area contributed by atoms with Crippen LogP contribution in [0.4, 0.5) is 5.69 Å². The average molecular weight is 378 g/mol. The summed E-state index contributed by atoms with van der Waals surface area (Å²) in [5.74, 6) is 0.781. The van der Waals surface area contributed by atoms with E-state index in [0.29, 0.717) is 13.0 Å². The number of anilines is 1. The van der Waals surface area contributed by atoms with Crippen molar-refractivity contribution in [2.45, 2.75) is 38.2 Å². The van der Waals surface area contributed by atoms with E-state index < -0.39 is 0 Å². The summed E-state index contributed by atoms with van der Waals surface area (Å²) in [5, 5.41) is 4.20. The summed E-state index contributed by atoms with van der Waals surface area (Å²) in [7, 11) is 0. The van der Waals surface area contributed by atoms with Crippen LogP contribution in [-0.4, -0.2) is 30.2 Å². The van der Waals surface area contributed by atoms with Gasteiger partial charge >= 0.3 is 0 Å². The van der Waals surface area contributed by atoms with Crippen LogP contribution in [0.1, 0.15) is 31.2 Å². The van der Waals surface area contributed by atoms with Gasteiger partial charge in [0.25, 0.3) is 0 Å². The molecule has 1 amide bonds. The van der Waals surface area contributed by atoms with Gasteiger partial charge in [0.2, 0.25) is 5.91 Å². The molecule has 5 heteroatoms. The van der Waals surface area contributed by atoms with E-state index in [2.05, 4.69) is 22.4 Å². The van der Waals surface area contributed by atoms with E-state index in [-0.39, 0.29) is 12.0 Å². The molecule has 0 spiro atoms. The predicted octanol–water partition coefficient (Wildman–Crippen LogP) is 4.69. The van der Waals surface area contributed by atoms with Gasteiger partial charge in [-0.3, -0.25) is 4.79 Å². The SMILES string of the molecule is O=C(CCCc1c[nH]c2ccccc12)Nc1cccc(OCC2CCCO2)c1. The number of hydrogen-bond acceptors (Lipinski definition) is 3. The number of aromatic nitrogens is 1. The quantitative estimate of drug-likeness (QED) is 0.598. The number of fused-ring (bicyclic) bond motifs is 1. The monoisotopic (exact) mass is 378 g/mol. The number of H-pyrrole nitrogens is 1. The largest absolute Gasteiger partial charge is 0.491 e. The Morgan fingerprint density at radius 2 is 2.14 bits per heavy atom. The van der Waals surface area contributed by atoms with E-state index in [4.69, 9.17) is 9.47 Å². The summed E-state index contributed by atoms with van der Waals surface area (Å²) in [6, 6.07) is 15.8. The van der Waals surface area contributed by atoms with E-state index in [1.54, 1.807) is 0 Å². The van der Waals surface area contributed by atoms with Gasteiger partial charge in [0.1, 0.15) is 12.4 Å². The fourth-order valence-corrected chi connectivity index (χ4v) is 3.63. The normalized spacial score (nSPS) is 16.4. The lowest BCUT2D eigenvalue weighted by Crippen LogP contribution is -2.16. The van der Waals surface area contributed by atoms with Crippen LogP contribution >= 0.6 is 0 Å². The number of carbonyl (C=O) groups excluding carboxylic acids is 1. The van der Waals surface area contributed by atoms with E-state index in [0.717, 1.165) is 49.2 Å². The third-order valence-electron chi connectivity index (χ3n) is 5.10. The van der Waals surface area contributed by atoms with Gasteiger partial charge in [-0.15, -0.1) is 0 Å². The number of aryl methyl sites for hydroxylation is 1. The summed E-state index contributed by atoms with van der Waals surface area (Å²) in [6.07, 6.45) is 6.54. The Hall–Kier alpha value is -2.79. The molecule has 5 nitrogen and oxygen atoms in total. The fraction of sp³-hybridized carbons (Fsp3) is 0.348. The minimum absolute atomic E-state index is 0.0242. The van der Waals surface area contributed by atoms with Gasteiger partial charge < -0.3 is 19.8 Å². The second kappa shape index (κ2) is 8.93. The molecule has 2 heterocycles. The number of benzene rings is 2. The lowest BCUT2D eigenvalue weighted by molar-refractivity contribution is -0.116. The van der Waals surface area contributed by atoms with Gasteiger partial charge in [0.15, 0.2) is 0 Å². The maximum absolute atomic E-state index is 12.3. The van der Waals surface area contributed by atoms with Crippen LogP contribution in [0.15, 0.2) is 54.7 Å². The molecule has 3 aromatic rings. The number of rotatable bonds is 8. The summed E-state index contributed by atoms with van der Waals surface area (Å²) >= 11 is 0. The highest BCUT2D eigenvalue weighted by molar-refractivity contribution is 5.91. The van der Waals surface area contributed by atoms with Crippen molar-refractivity contribution in [2.24, 2.45) is 0 Å². The molecule has 2 aromatic carbocycles. The molecule has 0 saturated carbocycles. The summed E-state index contributed by atoms with van der Waals surface area (Å²) in [5.41, 5.74) is 3.16. The standard InChI is InChI=1S/C23H26N2O3/c26-23(12-3-6-17-15-24-22-11-2-1-10-21(17)22)25-18-7-4-8-19(14-18)28-16-20-9-5-13-27-20/h1-2,4,7-8,10-11,14-15,20,24H,3,5-6,9,12-13,16H2,(H,25,26). The summed E-state index contributed by atoms with van der Waals surface area (Å²) in [6.45, 7) is 1.38. The number of carbonyl (C=O) groups is 1. The number of para-hydroxylation sites is 1. The molecule has 2 N–H and O–H groups in total. The Balaban J connectivity index is 1.24. The molecule has 146 valence electrons. The van der Waals surface area contributed by atoms with Crippen molar-refractivity contribution >= 4 is 22.5 Å². The minimum atomic E-state index is 0.0242. The van der Waals surface area contributed by atoms with Crippen LogP contribution in [0, 0.1) is 0 Å². The van der Waals surface area contributed by atoms with Gasteiger partial charge in [-0.25, -0.2) is 0 Å². The molecular weight excluding hydrogens is 352 g/mol. The Kier molecular flexibility index (Phi) is 5.92. The van der Waals surface area contributed by atoms with E-state index in [9.17, 15) is 4.79 Å². The highest BCUT2D eigenvalue weighted by atomic mass is 16.5. The summed E-state index contributed by atoms with van der Waals surface area (Å²) < 4.78 is 11.4. The number of hydrogen-bond donors (Lipinski definition) is 2. The second-order valence-corrected chi connectivity index (χ2v) is 7.24.